The van der Waals surface area contributed by atoms with Crippen molar-refractivity contribution in [3.63, 3.8) is 0 Å². The summed E-state index contributed by atoms with van der Waals surface area (Å²) >= 11 is 0. The van der Waals surface area contributed by atoms with Gasteiger partial charge in [-0.3, -0.25) is 9.59 Å². The van der Waals surface area contributed by atoms with Gasteiger partial charge in [0.15, 0.2) is 0 Å². The average molecular weight is 1090 g/mol. The fraction of sp³-hybridized carbons (Fsp3) is 0.861. The molecule has 2 atom stereocenters. The summed E-state index contributed by atoms with van der Waals surface area (Å²) in [4.78, 5) is 24.5. The molecule has 0 aliphatic carbocycles. The minimum atomic E-state index is -0.660. The van der Waals surface area contributed by atoms with E-state index in [-0.39, 0.29) is 18.5 Å². The van der Waals surface area contributed by atoms with Crippen LogP contribution in [0.25, 0.3) is 0 Å². The Morgan fingerprint density at radius 3 is 1.03 bits per heavy atom. The number of carbonyl (C=O) groups is 2. The highest BCUT2D eigenvalue weighted by atomic mass is 16.5. The normalized spacial score (nSPS) is 12.8. The molecule has 0 aliphatic rings. The number of carbonyl (C=O) groups excluding carboxylic acids is 2. The number of aliphatic hydroxyl groups is 2. The third-order valence-electron chi connectivity index (χ3n) is 16.1. The fourth-order valence-electron chi connectivity index (χ4n) is 10.8. The molecule has 6 heteroatoms. The molecule has 0 heterocycles. The first-order valence-corrected chi connectivity index (χ1v) is 34.9. The number of unbranched alkanes of at least 4 members (excludes halogenated alkanes) is 46. The van der Waals surface area contributed by atoms with Crippen molar-refractivity contribution < 1.29 is 24.5 Å². The van der Waals surface area contributed by atoms with E-state index in [2.05, 4.69) is 67.8 Å². The van der Waals surface area contributed by atoms with Gasteiger partial charge in [-0.2, -0.15) is 0 Å². The van der Waals surface area contributed by atoms with Crippen LogP contribution in [0.4, 0.5) is 0 Å². The molecule has 0 rings (SSSR count). The van der Waals surface area contributed by atoms with E-state index in [9.17, 15) is 19.8 Å². The third kappa shape index (κ3) is 63.0. The van der Waals surface area contributed by atoms with Crippen molar-refractivity contribution in [3.8, 4) is 0 Å². The summed E-state index contributed by atoms with van der Waals surface area (Å²) in [6, 6.07) is -0.537. The van der Waals surface area contributed by atoms with Crippen molar-refractivity contribution in [2.45, 2.75) is 386 Å². The molecular formula is C72H135NO5. The quantitative estimate of drug-likeness (QED) is 0.0320. The van der Waals surface area contributed by atoms with Gasteiger partial charge < -0.3 is 20.3 Å². The van der Waals surface area contributed by atoms with Gasteiger partial charge in [0.05, 0.1) is 25.4 Å². The molecule has 458 valence electrons. The van der Waals surface area contributed by atoms with Crippen LogP contribution in [0, 0.1) is 0 Å². The Morgan fingerprint density at radius 2 is 0.667 bits per heavy atom. The molecule has 0 bridgehead atoms. The van der Waals surface area contributed by atoms with Gasteiger partial charge in [-0.25, -0.2) is 0 Å². The molecule has 0 aliphatic heterocycles. The Balaban J connectivity index is 3.33. The zero-order chi connectivity index (χ0) is 56.4. The number of hydrogen-bond donors (Lipinski definition) is 3. The summed E-state index contributed by atoms with van der Waals surface area (Å²) in [6.07, 6.45) is 87.6. The Kier molecular flexibility index (Phi) is 65.4. The summed E-state index contributed by atoms with van der Waals surface area (Å²) in [5, 5.41) is 23.1. The van der Waals surface area contributed by atoms with Crippen LogP contribution in [0.2, 0.25) is 0 Å². The van der Waals surface area contributed by atoms with E-state index in [0.29, 0.717) is 25.9 Å². The lowest BCUT2D eigenvalue weighted by Crippen LogP contribution is -2.45. The van der Waals surface area contributed by atoms with E-state index in [1.807, 2.05) is 0 Å². The van der Waals surface area contributed by atoms with Crippen molar-refractivity contribution in [1.82, 2.24) is 5.32 Å². The number of aliphatic hydroxyl groups excluding tert-OH is 2. The Hall–Kier alpha value is -2.18. The molecule has 0 aromatic rings. The van der Waals surface area contributed by atoms with Crippen molar-refractivity contribution in [3.05, 3.63) is 48.6 Å². The smallest absolute Gasteiger partial charge is 0.305 e. The number of rotatable bonds is 65. The standard InChI is InChI=1S/C72H135NO5/c1-3-5-7-9-11-13-14-42-46-50-54-58-62-66-72(77)78-67-63-59-55-51-47-44-41-39-37-35-33-31-29-27-25-23-21-19-17-15-16-18-20-22-24-26-28-30-32-34-36-38-40-43-45-49-53-57-61-65-71(76)73-69(68-74)70(75)64-60-56-52-48-12-10-8-6-4-2/h7,9,13-16,19,21,69-70,74-75H,3-6,8,10-12,17-18,20,22-68H2,1-2H3,(H,73,76)/b9-7-,14-13-,16-15-,21-19-. The van der Waals surface area contributed by atoms with Gasteiger partial charge >= 0.3 is 5.97 Å². The van der Waals surface area contributed by atoms with Gasteiger partial charge in [0, 0.05) is 12.8 Å². The maximum Gasteiger partial charge on any atom is 0.305 e. The topological polar surface area (TPSA) is 95.9 Å². The predicted molar refractivity (Wildman–Crippen MR) is 342 cm³/mol. The van der Waals surface area contributed by atoms with Gasteiger partial charge in [-0.15, -0.1) is 0 Å². The van der Waals surface area contributed by atoms with Crippen molar-refractivity contribution in [2.24, 2.45) is 0 Å². The number of hydrogen-bond acceptors (Lipinski definition) is 5. The van der Waals surface area contributed by atoms with Crippen LogP contribution in [0.5, 0.6) is 0 Å². The molecule has 0 fully saturated rings. The Bertz CT molecular complexity index is 1310. The molecule has 0 spiro atoms. The first-order valence-electron chi connectivity index (χ1n) is 34.9. The van der Waals surface area contributed by atoms with Gasteiger partial charge in [-0.1, -0.05) is 326 Å². The molecule has 0 aromatic heterocycles. The molecule has 0 saturated carbocycles. The van der Waals surface area contributed by atoms with E-state index in [1.165, 1.54) is 283 Å². The van der Waals surface area contributed by atoms with Crippen LogP contribution in [-0.2, 0) is 14.3 Å². The second-order valence-electron chi connectivity index (χ2n) is 23.9. The zero-order valence-corrected chi connectivity index (χ0v) is 52.4. The first kappa shape index (κ1) is 75.8. The maximum absolute atomic E-state index is 12.4. The van der Waals surface area contributed by atoms with Gasteiger partial charge in [0.1, 0.15) is 0 Å². The molecule has 0 aromatic carbocycles. The summed E-state index contributed by atoms with van der Waals surface area (Å²) in [7, 11) is 0. The second kappa shape index (κ2) is 67.3. The van der Waals surface area contributed by atoms with E-state index in [0.717, 1.165) is 57.8 Å². The highest BCUT2D eigenvalue weighted by molar-refractivity contribution is 5.76. The summed E-state index contributed by atoms with van der Waals surface area (Å²) in [5.74, 6) is -0.0285. The van der Waals surface area contributed by atoms with Crippen LogP contribution < -0.4 is 5.32 Å². The van der Waals surface area contributed by atoms with Crippen LogP contribution in [-0.4, -0.2) is 47.4 Å². The van der Waals surface area contributed by atoms with Crippen LogP contribution >= 0.6 is 0 Å². The van der Waals surface area contributed by atoms with Gasteiger partial charge in [0.25, 0.3) is 0 Å². The van der Waals surface area contributed by atoms with E-state index >= 15 is 0 Å². The third-order valence-corrected chi connectivity index (χ3v) is 16.1. The van der Waals surface area contributed by atoms with Crippen molar-refractivity contribution >= 4 is 11.9 Å². The largest absolute Gasteiger partial charge is 0.466 e. The minimum absolute atomic E-state index is 0.00472. The molecule has 2 unspecified atom stereocenters. The van der Waals surface area contributed by atoms with Crippen LogP contribution in [0.15, 0.2) is 48.6 Å². The molecule has 3 N–H and O–H groups in total. The fourth-order valence-corrected chi connectivity index (χ4v) is 10.8. The van der Waals surface area contributed by atoms with Gasteiger partial charge in [-0.05, 0) is 83.5 Å². The minimum Gasteiger partial charge on any atom is -0.466 e. The molecular weight excluding hydrogens is 959 g/mol. The van der Waals surface area contributed by atoms with Crippen molar-refractivity contribution in [1.29, 1.82) is 0 Å². The lowest BCUT2D eigenvalue weighted by Gasteiger charge is -2.22. The summed E-state index contributed by atoms with van der Waals surface area (Å²) in [5.41, 5.74) is 0. The molecule has 1 amide bonds. The van der Waals surface area contributed by atoms with Crippen LogP contribution in [0.3, 0.4) is 0 Å². The molecule has 0 saturated heterocycles. The average Bonchev–Trinajstić information content (AvgIpc) is 3.44. The lowest BCUT2D eigenvalue weighted by molar-refractivity contribution is -0.143. The highest BCUT2D eigenvalue weighted by Crippen LogP contribution is 2.18. The summed E-state index contributed by atoms with van der Waals surface area (Å²) < 4.78 is 5.48. The van der Waals surface area contributed by atoms with E-state index in [1.54, 1.807) is 0 Å². The molecule has 0 radical (unpaired) electrons. The second-order valence-corrected chi connectivity index (χ2v) is 23.9. The van der Waals surface area contributed by atoms with Gasteiger partial charge in [0.2, 0.25) is 5.91 Å². The number of allylic oxidation sites excluding steroid dienone is 8. The maximum atomic E-state index is 12.4. The monoisotopic (exact) mass is 1090 g/mol. The molecule has 78 heavy (non-hydrogen) atoms. The Morgan fingerprint density at radius 1 is 0.359 bits per heavy atom. The number of esters is 1. The van der Waals surface area contributed by atoms with E-state index in [4.69, 9.17) is 4.74 Å². The van der Waals surface area contributed by atoms with Crippen LogP contribution in [0.1, 0.15) is 373 Å². The predicted octanol–water partition coefficient (Wildman–Crippen LogP) is 22.5. The SMILES string of the molecule is CCC/C=C\C/C=C\CCCCCCCC(=O)OCCCCCCCCCCCCCCCCC/C=C\C/C=C\CCCCCCCCCCCCCCCCCCCC(=O)NC(CO)C(O)CCCCCCCCCCC. The number of ether oxygens (including phenoxy) is 1. The lowest BCUT2D eigenvalue weighted by atomic mass is 10.0. The van der Waals surface area contributed by atoms with E-state index < -0.39 is 12.1 Å². The summed E-state index contributed by atoms with van der Waals surface area (Å²) in [6.45, 7) is 4.88. The number of nitrogens with one attached hydrogen (secondary N) is 1. The van der Waals surface area contributed by atoms with Crippen molar-refractivity contribution in [2.75, 3.05) is 13.2 Å². The highest BCUT2D eigenvalue weighted by Gasteiger charge is 2.20. The zero-order valence-electron chi connectivity index (χ0n) is 52.4. The first-order chi connectivity index (χ1) is 38.5. The Labute approximate surface area is 486 Å². The number of amides is 1. The molecule has 6 nitrogen and oxygen atoms in total.